The van der Waals surface area contributed by atoms with Gasteiger partial charge in [0.15, 0.2) is 0 Å². The van der Waals surface area contributed by atoms with E-state index >= 15 is 0 Å². The van der Waals surface area contributed by atoms with Crippen LogP contribution >= 0.6 is 0 Å². The number of benzene rings is 2. The van der Waals surface area contributed by atoms with E-state index < -0.39 is 29.4 Å². The van der Waals surface area contributed by atoms with Crippen LogP contribution in [0.1, 0.15) is 53.8 Å². The standard InChI is InChI=1S/C25H25N5O5/c1-25(22(32)33)12-6-11-19(25)26-21(31)20-27-23(30-29-20)28-24(34)35-13-18-16-9-4-2-7-14(16)15-8-3-5-10-17(15)18/h2-5,7-10,18-19H,6,11-13H2,1H3,(H,26,31)(H,32,33)(H2,27,28,29,30,34). The van der Waals surface area contributed by atoms with E-state index in [9.17, 15) is 19.5 Å². The molecule has 10 heteroatoms. The maximum absolute atomic E-state index is 12.6. The molecule has 0 aliphatic heterocycles. The van der Waals surface area contributed by atoms with Gasteiger partial charge in [0.25, 0.3) is 11.9 Å². The lowest BCUT2D eigenvalue weighted by Gasteiger charge is -2.27. The molecule has 0 spiro atoms. The molecule has 10 nitrogen and oxygen atoms in total. The molecule has 2 atom stereocenters. The van der Waals surface area contributed by atoms with Crippen molar-refractivity contribution >= 4 is 23.9 Å². The molecule has 2 unspecified atom stereocenters. The number of H-pyrrole nitrogens is 1. The van der Waals surface area contributed by atoms with E-state index in [2.05, 4.69) is 37.9 Å². The largest absolute Gasteiger partial charge is 0.481 e. The van der Waals surface area contributed by atoms with Gasteiger partial charge in [0.2, 0.25) is 5.82 Å². The summed E-state index contributed by atoms with van der Waals surface area (Å²) in [5.74, 6) is -1.86. The molecule has 0 bridgehead atoms. The fourth-order valence-corrected chi connectivity index (χ4v) is 5.03. The summed E-state index contributed by atoms with van der Waals surface area (Å²) >= 11 is 0. The first kappa shape index (κ1) is 22.6. The highest BCUT2D eigenvalue weighted by Gasteiger charge is 2.46. The third-order valence-corrected chi connectivity index (χ3v) is 7.01. The maximum Gasteiger partial charge on any atom is 0.414 e. The van der Waals surface area contributed by atoms with Crippen LogP contribution in [0.3, 0.4) is 0 Å². The molecule has 1 saturated carbocycles. The molecule has 2 amide bonds. The van der Waals surface area contributed by atoms with Crippen LogP contribution in [0.25, 0.3) is 11.1 Å². The molecule has 0 radical (unpaired) electrons. The summed E-state index contributed by atoms with van der Waals surface area (Å²) in [4.78, 5) is 40.6. The van der Waals surface area contributed by atoms with E-state index in [0.717, 1.165) is 22.3 Å². The number of ether oxygens (including phenoxy) is 1. The number of nitrogens with zero attached hydrogens (tertiary/aromatic N) is 2. The van der Waals surface area contributed by atoms with Crippen molar-refractivity contribution in [3.8, 4) is 11.1 Å². The number of carbonyl (C=O) groups excluding carboxylic acids is 2. The van der Waals surface area contributed by atoms with Crippen LogP contribution < -0.4 is 10.6 Å². The summed E-state index contributed by atoms with van der Waals surface area (Å²) in [6.45, 7) is 1.75. The van der Waals surface area contributed by atoms with E-state index in [1.54, 1.807) is 6.92 Å². The lowest BCUT2D eigenvalue weighted by Crippen LogP contribution is -2.47. The van der Waals surface area contributed by atoms with Crippen LogP contribution in [0.15, 0.2) is 48.5 Å². The summed E-state index contributed by atoms with van der Waals surface area (Å²) in [6, 6.07) is 15.5. The molecule has 1 aromatic heterocycles. The summed E-state index contributed by atoms with van der Waals surface area (Å²) in [5, 5.41) is 21.0. The quantitative estimate of drug-likeness (QED) is 0.426. The number of aliphatic carboxylic acids is 1. The number of hydrogen-bond acceptors (Lipinski definition) is 6. The van der Waals surface area contributed by atoms with Gasteiger partial charge in [-0.1, -0.05) is 55.0 Å². The minimum absolute atomic E-state index is 0.0865. The zero-order chi connectivity index (χ0) is 24.6. The minimum Gasteiger partial charge on any atom is -0.481 e. The molecule has 1 heterocycles. The molecule has 4 N–H and O–H groups in total. The zero-order valence-corrected chi connectivity index (χ0v) is 19.1. The Balaban J connectivity index is 1.20. The Hall–Kier alpha value is -4.21. The second kappa shape index (κ2) is 8.86. The number of amides is 2. The Morgan fingerprint density at radius 2 is 1.77 bits per heavy atom. The van der Waals surface area contributed by atoms with Gasteiger partial charge in [-0.05, 0) is 42.0 Å². The lowest BCUT2D eigenvalue weighted by atomic mass is 9.85. The SMILES string of the molecule is CC1(C(=O)O)CCCC1NC(=O)c1nc(NC(=O)OCC2c3ccccc3-c3ccccc32)n[nH]1. The van der Waals surface area contributed by atoms with Gasteiger partial charge in [-0.15, -0.1) is 5.10 Å². The van der Waals surface area contributed by atoms with E-state index in [0.29, 0.717) is 19.3 Å². The Labute approximate surface area is 201 Å². The van der Waals surface area contributed by atoms with Crippen molar-refractivity contribution in [1.82, 2.24) is 20.5 Å². The van der Waals surface area contributed by atoms with Crippen molar-refractivity contribution in [2.45, 2.75) is 38.1 Å². The van der Waals surface area contributed by atoms with Crippen molar-refractivity contribution in [2.24, 2.45) is 5.41 Å². The number of rotatable bonds is 6. The molecule has 2 aromatic carbocycles. The molecule has 2 aliphatic carbocycles. The molecular formula is C25H25N5O5. The number of fused-ring (bicyclic) bond motifs is 3. The third-order valence-electron chi connectivity index (χ3n) is 7.01. The second-order valence-electron chi connectivity index (χ2n) is 9.10. The fourth-order valence-electron chi connectivity index (χ4n) is 5.03. The summed E-state index contributed by atoms with van der Waals surface area (Å²) in [5.41, 5.74) is 3.42. The van der Waals surface area contributed by atoms with Gasteiger partial charge in [-0.3, -0.25) is 20.0 Å². The number of carboxylic acids is 1. The number of nitrogens with one attached hydrogen (secondary N) is 3. The highest BCUT2D eigenvalue weighted by molar-refractivity contribution is 5.92. The molecule has 3 aromatic rings. The van der Waals surface area contributed by atoms with Gasteiger partial charge in [-0.25, -0.2) is 4.79 Å². The first-order chi connectivity index (χ1) is 16.9. The Bertz CT molecular complexity index is 1260. The van der Waals surface area contributed by atoms with Crippen molar-refractivity contribution in [3.05, 3.63) is 65.5 Å². The molecular weight excluding hydrogens is 450 g/mol. The van der Waals surface area contributed by atoms with Crippen LogP contribution in [0.4, 0.5) is 10.7 Å². The van der Waals surface area contributed by atoms with E-state index in [-0.39, 0.29) is 24.3 Å². The number of aromatic amines is 1. The minimum atomic E-state index is -1.03. The summed E-state index contributed by atoms with van der Waals surface area (Å²) in [7, 11) is 0. The predicted molar refractivity (Wildman–Crippen MR) is 126 cm³/mol. The van der Waals surface area contributed by atoms with Gasteiger partial charge in [-0.2, -0.15) is 4.98 Å². The first-order valence-electron chi connectivity index (χ1n) is 11.5. The van der Waals surface area contributed by atoms with Crippen LogP contribution in [-0.4, -0.2) is 50.9 Å². The van der Waals surface area contributed by atoms with Gasteiger partial charge in [0.05, 0.1) is 5.41 Å². The van der Waals surface area contributed by atoms with Gasteiger partial charge >= 0.3 is 12.1 Å². The van der Waals surface area contributed by atoms with Crippen molar-refractivity contribution in [1.29, 1.82) is 0 Å². The van der Waals surface area contributed by atoms with Gasteiger partial charge in [0, 0.05) is 12.0 Å². The van der Waals surface area contributed by atoms with Gasteiger partial charge < -0.3 is 15.2 Å². The molecule has 2 aliphatic rings. The smallest absolute Gasteiger partial charge is 0.414 e. The molecule has 5 rings (SSSR count). The van der Waals surface area contributed by atoms with E-state index in [1.807, 2.05) is 36.4 Å². The summed E-state index contributed by atoms with van der Waals surface area (Å²) in [6.07, 6.45) is 1.01. The van der Waals surface area contributed by atoms with Gasteiger partial charge in [0.1, 0.15) is 6.61 Å². The highest BCUT2D eigenvalue weighted by Crippen LogP contribution is 2.44. The molecule has 35 heavy (non-hydrogen) atoms. The number of hydrogen-bond donors (Lipinski definition) is 4. The van der Waals surface area contributed by atoms with Crippen molar-refractivity contribution < 1.29 is 24.2 Å². The number of aromatic nitrogens is 3. The topological polar surface area (TPSA) is 146 Å². The van der Waals surface area contributed by atoms with Crippen LogP contribution in [-0.2, 0) is 9.53 Å². The van der Waals surface area contributed by atoms with E-state index in [4.69, 9.17) is 4.74 Å². The predicted octanol–water partition coefficient (Wildman–Crippen LogP) is 3.54. The van der Waals surface area contributed by atoms with Crippen molar-refractivity contribution in [3.63, 3.8) is 0 Å². The average molecular weight is 476 g/mol. The Morgan fingerprint density at radius 1 is 1.11 bits per heavy atom. The summed E-state index contributed by atoms with van der Waals surface area (Å²) < 4.78 is 5.46. The van der Waals surface area contributed by atoms with Crippen LogP contribution in [0.2, 0.25) is 0 Å². The Kier molecular flexibility index (Phi) is 5.72. The highest BCUT2D eigenvalue weighted by atomic mass is 16.5. The molecule has 1 fully saturated rings. The zero-order valence-electron chi connectivity index (χ0n) is 19.1. The normalized spacial score (nSPS) is 20.7. The monoisotopic (exact) mass is 475 g/mol. The lowest BCUT2D eigenvalue weighted by molar-refractivity contribution is -0.148. The average Bonchev–Trinajstić information content (AvgIpc) is 3.55. The van der Waals surface area contributed by atoms with E-state index in [1.165, 1.54) is 0 Å². The Morgan fingerprint density at radius 3 is 2.43 bits per heavy atom. The number of carbonyl (C=O) groups is 3. The first-order valence-corrected chi connectivity index (χ1v) is 11.5. The van der Waals surface area contributed by atoms with Crippen LogP contribution in [0, 0.1) is 5.41 Å². The van der Waals surface area contributed by atoms with Crippen LogP contribution in [0.5, 0.6) is 0 Å². The third kappa shape index (κ3) is 4.11. The fraction of sp³-hybridized carbons (Fsp3) is 0.320. The number of carboxylic acid groups (broad SMARTS) is 1. The molecule has 180 valence electrons. The molecule has 0 saturated heterocycles. The second-order valence-corrected chi connectivity index (χ2v) is 9.10. The van der Waals surface area contributed by atoms with Crippen molar-refractivity contribution in [2.75, 3.05) is 11.9 Å². The number of anilines is 1. The maximum atomic E-state index is 12.6.